The van der Waals surface area contributed by atoms with Gasteiger partial charge in [0.15, 0.2) is 0 Å². The first-order chi connectivity index (χ1) is 10.1. The molecule has 0 fully saturated rings. The molecule has 0 bridgehead atoms. The van der Waals surface area contributed by atoms with Crippen molar-refractivity contribution >= 4 is 15.7 Å². The van der Waals surface area contributed by atoms with Crippen LogP contribution in [0.15, 0.2) is 59.6 Å². The number of benzene rings is 1. The van der Waals surface area contributed by atoms with Gasteiger partial charge >= 0.3 is 0 Å². The van der Waals surface area contributed by atoms with Crippen molar-refractivity contribution in [3.63, 3.8) is 0 Å². The highest BCUT2D eigenvalue weighted by Crippen LogP contribution is 2.13. The maximum absolute atomic E-state index is 12.2. The fraction of sp³-hybridized carbons (Fsp3) is 0.133. The highest BCUT2D eigenvalue weighted by Gasteiger charge is 2.15. The van der Waals surface area contributed by atoms with Crippen LogP contribution in [0.4, 0.5) is 0 Å². The second-order valence-corrected chi connectivity index (χ2v) is 6.48. The van der Waals surface area contributed by atoms with Crippen LogP contribution < -0.4 is 4.72 Å². The number of pyridine rings is 1. The molecule has 0 aliphatic rings. The van der Waals surface area contributed by atoms with Gasteiger partial charge in [0.25, 0.3) is 0 Å². The molecule has 0 saturated carbocycles. The van der Waals surface area contributed by atoms with E-state index in [1.807, 2.05) is 35.7 Å². The van der Waals surface area contributed by atoms with Crippen LogP contribution in [0.3, 0.4) is 0 Å². The van der Waals surface area contributed by atoms with Crippen molar-refractivity contribution in [2.24, 2.45) is 0 Å². The molecule has 0 atom stereocenters. The summed E-state index contributed by atoms with van der Waals surface area (Å²) in [5, 5.41) is 0. The van der Waals surface area contributed by atoms with Gasteiger partial charge in [0, 0.05) is 6.20 Å². The molecule has 0 aliphatic carbocycles. The summed E-state index contributed by atoms with van der Waals surface area (Å²) in [6.45, 7) is 2.08. The van der Waals surface area contributed by atoms with Gasteiger partial charge in [0.2, 0.25) is 10.0 Å². The molecule has 6 heteroatoms. The molecular weight excluding hydrogens is 286 g/mol. The summed E-state index contributed by atoms with van der Waals surface area (Å²) in [7, 11) is -3.51. The van der Waals surface area contributed by atoms with Gasteiger partial charge in [0.1, 0.15) is 5.65 Å². The Morgan fingerprint density at radius 2 is 1.81 bits per heavy atom. The van der Waals surface area contributed by atoms with Gasteiger partial charge in [-0.25, -0.2) is 18.1 Å². The van der Waals surface area contributed by atoms with E-state index in [9.17, 15) is 8.42 Å². The second kappa shape index (κ2) is 5.31. The Bertz CT molecular complexity index is 870. The topological polar surface area (TPSA) is 63.5 Å². The fourth-order valence-corrected chi connectivity index (χ4v) is 3.23. The van der Waals surface area contributed by atoms with Crippen LogP contribution in [0.1, 0.15) is 11.4 Å². The van der Waals surface area contributed by atoms with E-state index in [0.717, 1.165) is 17.0 Å². The monoisotopic (exact) mass is 301 g/mol. The molecule has 1 N–H and O–H groups in total. The lowest BCUT2D eigenvalue weighted by molar-refractivity contribution is 0.580. The standard InChI is InChI=1S/C15H15N3O2S/c1-12-14(18-10-6-5-9-15(18)17-12)11-16-21(19,20)13-7-3-2-4-8-13/h2-10,16H,11H2,1H3. The number of nitrogens with one attached hydrogen (secondary N) is 1. The lowest BCUT2D eigenvalue weighted by Crippen LogP contribution is -2.24. The number of nitrogens with zero attached hydrogens (tertiary/aromatic N) is 2. The van der Waals surface area contributed by atoms with E-state index < -0.39 is 10.0 Å². The number of aryl methyl sites for hydroxylation is 1. The number of sulfonamides is 1. The average molecular weight is 301 g/mol. The first kappa shape index (κ1) is 13.8. The average Bonchev–Trinajstić information content (AvgIpc) is 2.81. The number of rotatable bonds is 4. The van der Waals surface area contributed by atoms with Crippen molar-refractivity contribution in [1.29, 1.82) is 0 Å². The summed E-state index contributed by atoms with van der Waals surface area (Å²) in [6, 6.07) is 14.0. The predicted octanol–water partition coefficient (Wildman–Crippen LogP) is 2.12. The number of imidazole rings is 1. The molecular formula is C15H15N3O2S. The molecule has 0 amide bonds. The van der Waals surface area contributed by atoms with Crippen molar-refractivity contribution in [1.82, 2.24) is 14.1 Å². The highest BCUT2D eigenvalue weighted by atomic mass is 32.2. The molecule has 2 heterocycles. The second-order valence-electron chi connectivity index (χ2n) is 4.71. The molecule has 0 aliphatic heterocycles. The van der Waals surface area contributed by atoms with E-state index in [4.69, 9.17) is 0 Å². The van der Waals surface area contributed by atoms with Crippen LogP contribution in [0.25, 0.3) is 5.65 Å². The number of hydrogen-bond donors (Lipinski definition) is 1. The number of hydrogen-bond acceptors (Lipinski definition) is 3. The smallest absolute Gasteiger partial charge is 0.240 e. The first-order valence-corrected chi connectivity index (χ1v) is 8.03. The summed E-state index contributed by atoms with van der Waals surface area (Å²) < 4.78 is 29.0. The number of aromatic nitrogens is 2. The molecule has 5 nitrogen and oxygen atoms in total. The van der Waals surface area contributed by atoms with Gasteiger partial charge in [-0.1, -0.05) is 24.3 Å². The lowest BCUT2D eigenvalue weighted by Gasteiger charge is -2.07. The molecule has 1 aromatic carbocycles. The zero-order valence-corrected chi connectivity index (χ0v) is 12.3. The maximum atomic E-state index is 12.2. The third-order valence-corrected chi connectivity index (χ3v) is 4.73. The van der Waals surface area contributed by atoms with Crippen molar-refractivity contribution in [2.75, 3.05) is 0 Å². The van der Waals surface area contributed by atoms with Crippen LogP contribution in [-0.2, 0) is 16.6 Å². The van der Waals surface area contributed by atoms with Crippen molar-refractivity contribution in [3.8, 4) is 0 Å². The Morgan fingerprint density at radius 1 is 1.10 bits per heavy atom. The summed E-state index contributed by atoms with van der Waals surface area (Å²) in [5.41, 5.74) is 2.46. The summed E-state index contributed by atoms with van der Waals surface area (Å²) in [5.74, 6) is 0. The van der Waals surface area contributed by atoms with Crippen LogP contribution in [-0.4, -0.2) is 17.8 Å². The molecule has 2 aromatic heterocycles. The largest absolute Gasteiger partial charge is 0.302 e. The van der Waals surface area contributed by atoms with E-state index in [0.29, 0.717) is 0 Å². The van der Waals surface area contributed by atoms with Gasteiger partial charge in [0.05, 0.1) is 22.8 Å². The number of fused-ring (bicyclic) bond motifs is 1. The normalized spacial score (nSPS) is 11.9. The zero-order valence-electron chi connectivity index (χ0n) is 11.5. The minimum absolute atomic E-state index is 0.203. The zero-order chi connectivity index (χ0) is 14.9. The summed E-state index contributed by atoms with van der Waals surface area (Å²) in [4.78, 5) is 4.68. The summed E-state index contributed by atoms with van der Waals surface area (Å²) >= 11 is 0. The maximum Gasteiger partial charge on any atom is 0.240 e. The summed E-state index contributed by atoms with van der Waals surface area (Å²) in [6.07, 6.45) is 1.88. The van der Waals surface area contributed by atoms with E-state index in [2.05, 4.69) is 9.71 Å². The van der Waals surface area contributed by atoms with Crippen LogP contribution in [0, 0.1) is 6.92 Å². The fourth-order valence-electron chi connectivity index (χ4n) is 2.22. The molecule has 0 saturated heterocycles. The van der Waals surface area contributed by atoms with Gasteiger partial charge in [-0.15, -0.1) is 0 Å². The van der Waals surface area contributed by atoms with Crippen molar-refractivity contribution in [2.45, 2.75) is 18.4 Å². The third kappa shape index (κ3) is 2.68. The highest BCUT2D eigenvalue weighted by molar-refractivity contribution is 7.89. The van der Waals surface area contributed by atoms with Gasteiger partial charge in [-0.05, 0) is 31.2 Å². The van der Waals surface area contributed by atoms with Gasteiger partial charge in [-0.3, -0.25) is 0 Å². The molecule has 108 valence electrons. The van der Waals surface area contributed by atoms with Crippen LogP contribution in [0.5, 0.6) is 0 Å². The Morgan fingerprint density at radius 3 is 2.57 bits per heavy atom. The lowest BCUT2D eigenvalue weighted by atomic mass is 10.3. The Hall–Kier alpha value is -2.18. The molecule has 3 aromatic rings. The van der Waals surface area contributed by atoms with Crippen LogP contribution >= 0.6 is 0 Å². The SMILES string of the molecule is Cc1nc2ccccn2c1CNS(=O)(=O)c1ccccc1. The molecule has 0 radical (unpaired) electrons. The third-order valence-electron chi connectivity index (χ3n) is 3.31. The first-order valence-electron chi connectivity index (χ1n) is 6.55. The minimum atomic E-state index is -3.51. The van der Waals surface area contributed by atoms with E-state index in [1.165, 1.54) is 0 Å². The van der Waals surface area contributed by atoms with Crippen molar-refractivity contribution in [3.05, 3.63) is 66.1 Å². The van der Waals surface area contributed by atoms with E-state index in [1.54, 1.807) is 30.3 Å². The Kier molecular flexibility index (Phi) is 3.48. The molecule has 0 spiro atoms. The van der Waals surface area contributed by atoms with E-state index in [-0.39, 0.29) is 11.4 Å². The van der Waals surface area contributed by atoms with Crippen LogP contribution in [0.2, 0.25) is 0 Å². The Labute approximate surface area is 123 Å². The molecule has 0 unspecified atom stereocenters. The Balaban J connectivity index is 1.89. The predicted molar refractivity (Wildman–Crippen MR) is 80.4 cm³/mol. The van der Waals surface area contributed by atoms with E-state index >= 15 is 0 Å². The van der Waals surface area contributed by atoms with Gasteiger partial charge < -0.3 is 4.40 Å². The molecule has 21 heavy (non-hydrogen) atoms. The van der Waals surface area contributed by atoms with Crippen molar-refractivity contribution < 1.29 is 8.42 Å². The van der Waals surface area contributed by atoms with Gasteiger partial charge in [-0.2, -0.15) is 0 Å². The minimum Gasteiger partial charge on any atom is -0.302 e. The molecule has 3 rings (SSSR count). The quantitative estimate of drug-likeness (QED) is 0.803.